The maximum atomic E-state index is 11.8. The first-order valence-corrected chi connectivity index (χ1v) is 6.82. The summed E-state index contributed by atoms with van der Waals surface area (Å²) >= 11 is 5.79. The third-order valence-electron chi connectivity index (χ3n) is 2.93. The molecule has 0 atom stereocenters. The smallest absolute Gasteiger partial charge is 0.243 e. The third kappa shape index (κ3) is 3.32. The van der Waals surface area contributed by atoms with Crippen molar-refractivity contribution in [2.24, 2.45) is 0 Å². The second-order valence-electron chi connectivity index (χ2n) is 4.51. The van der Waals surface area contributed by atoms with Gasteiger partial charge in [0.1, 0.15) is 0 Å². The minimum atomic E-state index is -0.155. The van der Waals surface area contributed by atoms with Crippen LogP contribution in [-0.4, -0.2) is 22.4 Å². The van der Waals surface area contributed by atoms with E-state index < -0.39 is 0 Å². The summed E-state index contributed by atoms with van der Waals surface area (Å²) in [4.78, 5) is 19.3. The number of anilines is 2. The fraction of sp³-hybridized carbons (Fsp3) is 0.0667. The Morgan fingerprint density at radius 1 is 1.14 bits per heavy atom. The van der Waals surface area contributed by atoms with Gasteiger partial charge in [-0.3, -0.25) is 4.79 Å². The molecule has 21 heavy (non-hydrogen) atoms. The number of aromatic nitrogens is 2. The zero-order valence-electron chi connectivity index (χ0n) is 11.1. The lowest BCUT2D eigenvalue weighted by Gasteiger charge is -2.05. The van der Waals surface area contributed by atoms with Crippen molar-refractivity contribution in [1.82, 2.24) is 9.97 Å². The molecule has 1 aromatic heterocycles. The summed E-state index contributed by atoms with van der Waals surface area (Å²) in [6, 6.07) is 14.6. The van der Waals surface area contributed by atoms with Gasteiger partial charge >= 0.3 is 0 Å². The van der Waals surface area contributed by atoms with Crippen LogP contribution >= 0.6 is 11.6 Å². The van der Waals surface area contributed by atoms with Gasteiger partial charge in [-0.2, -0.15) is 0 Å². The Hall–Kier alpha value is -2.53. The van der Waals surface area contributed by atoms with E-state index in [1.807, 2.05) is 24.3 Å². The van der Waals surface area contributed by atoms with Gasteiger partial charge in [0.15, 0.2) is 0 Å². The Balaban J connectivity index is 1.59. The molecule has 1 amide bonds. The van der Waals surface area contributed by atoms with E-state index in [9.17, 15) is 4.79 Å². The van der Waals surface area contributed by atoms with E-state index in [-0.39, 0.29) is 12.5 Å². The molecule has 106 valence electrons. The Labute approximate surface area is 126 Å². The number of nitrogens with one attached hydrogen (secondary N) is 3. The standard InChI is InChI=1S/C15H13ClN4O/c16-10-5-7-11(8-6-10)18-14(21)9-17-15-19-12-3-1-2-4-13(12)20-15/h1-8H,9H2,(H,18,21)(H2,17,19,20). The quantitative estimate of drug-likeness (QED) is 0.692. The van der Waals surface area contributed by atoms with Crippen LogP contribution in [0.4, 0.5) is 11.6 Å². The molecule has 5 nitrogen and oxygen atoms in total. The van der Waals surface area contributed by atoms with Crippen LogP contribution in [0.1, 0.15) is 0 Å². The maximum absolute atomic E-state index is 11.8. The van der Waals surface area contributed by atoms with Gasteiger partial charge in [-0.15, -0.1) is 0 Å². The largest absolute Gasteiger partial charge is 0.347 e. The number of rotatable bonds is 4. The fourth-order valence-corrected chi connectivity index (χ4v) is 2.06. The molecule has 3 aromatic rings. The minimum Gasteiger partial charge on any atom is -0.347 e. The van der Waals surface area contributed by atoms with Crippen molar-refractivity contribution in [3.05, 3.63) is 53.6 Å². The summed E-state index contributed by atoms with van der Waals surface area (Å²) in [7, 11) is 0. The third-order valence-corrected chi connectivity index (χ3v) is 3.19. The number of fused-ring (bicyclic) bond motifs is 1. The van der Waals surface area contributed by atoms with Crippen molar-refractivity contribution in [3.8, 4) is 0 Å². The van der Waals surface area contributed by atoms with Crippen LogP contribution in [0.2, 0.25) is 5.02 Å². The van der Waals surface area contributed by atoms with Gasteiger partial charge in [-0.05, 0) is 36.4 Å². The lowest BCUT2D eigenvalue weighted by atomic mass is 10.3. The molecule has 0 aliphatic carbocycles. The highest BCUT2D eigenvalue weighted by atomic mass is 35.5. The molecule has 0 bridgehead atoms. The second-order valence-corrected chi connectivity index (χ2v) is 4.95. The van der Waals surface area contributed by atoms with E-state index in [1.54, 1.807) is 24.3 Å². The fourth-order valence-electron chi connectivity index (χ4n) is 1.94. The van der Waals surface area contributed by atoms with Gasteiger partial charge in [0.25, 0.3) is 0 Å². The normalized spacial score (nSPS) is 10.5. The number of hydrogen-bond acceptors (Lipinski definition) is 3. The molecular weight excluding hydrogens is 288 g/mol. The van der Waals surface area contributed by atoms with E-state index in [4.69, 9.17) is 11.6 Å². The number of H-pyrrole nitrogens is 1. The number of aromatic amines is 1. The van der Waals surface area contributed by atoms with Crippen molar-refractivity contribution in [2.45, 2.75) is 0 Å². The van der Waals surface area contributed by atoms with Crippen LogP contribution in [0, 0.1) is 0 Å². The van der Waals surface area contributed by atoms with Crippen LogP contribution in [-0.2, 0) is 4.79 Å². The highest BCUT2D eigenvalue weighted by molar-refractivity contribution is 6.30. The molecule has 0 unspecified atom stereocenters. The zero-order chi connectivity index (χ0) is 14.7. The summed E-state index contributed by atoms with van der Waals surface area (Å²) < 4.78 is 0. The minimum absolute atomic E-state index is 0.127. The number of imidazole rings is 1. The summed E-state index contributed by atoms with van der Waals surface area (Å²) in [5, 5.41) is 6.36. The first-order chi connectivity index (χ1) is 10.2. The predicted octanol–water partition coefficient (Wildman–Crippen LogP) is 3.27. The van der Waals surface area contributed by atoms with Gasteiger partial charge in [0.2, 0.25) is 11.9 Å². The van der Waals surface area contributed by atoms with E-state index >= 15 is 0 Å². The van der Waals surface area contributed by atoms with E-state index in [1.165, 1.54) is 0 Å². The molecular formula is C15H13ClN4O. The first kappa shape index (κ1) is 13.5. The molecule has 0 aliphatic rings. The van der Waals surface area contributed by atoms with Crippen molar-refractivity contribution in [2.75, 3.05) is 17.2 Å². The number of carbonyl (C=O) groups excluding carboxylic acids is 1. The predicted molar refractivity (Wildman–Crippen MR) is 84.7 cm³/mol. The molecule has 3 rings (SSSR count). The molecule has 0 fully saturated rings. The number of amides is 1. The summed E-state index contributed by atoms with van der Waals surface area (Å²) in [5.74, 6) is 0.417. The van der Waals surface area contributed by atoms with E-state index in [0.29, 0.717) is 16.7 Å². The molecule has 3 N–H and O–H groups in total. The van der Waals surface area contributed by atoms with Gasteiger partial charge in [-0.1, -0.05) is 23.7 Å². The summed E-state index contributed by atoms with van der Waals surface area (Å²) in [6.45, 7) is 0.127. The first-order valence-electron chi connectivity index (χ1n) is 6.45. The number of halogens is 1. The topological polar surface area (TPSA) is 69.8 Å². The molecule has 0 aliphatic heterocycles. The van der Waals surface area contributed by atoms with Gasteiger partial charge in [0, 0.05) is 10.7 Å². The SMILES string of the molecule is O=C(CNc1nc2ccccc2[nH]1)Nc1ccc(Cl)cc1. The molecule has 0 spiro atoms. The monoisotopic (exact) mass is 300 g/mol. The van der Waals surface area contributed by atoms with Crippen LogP contribution in [0.3, 0.4) is 0 Å². The van der Waals surface area contributed by atoms with E-state index in [2.05, 4.69) is 20.6 Å². The summed E-state index contributed by atoms with van der Waals surface area (Å²) in [6.07, 6.45) is 0. The van der Waals surface area contributed by atoms with Crippen molar-refractivity contribution in [3.63, 3.8) is 0 Å². The number of para-hydroxylation sites is 2. The lowest BCUT2D eigenvalue weighted by Crippen LogP contribution is -2.22. The van der Waals surface area contributed by atoms with Gasteiger partial charge in [-0.25, -0.2) is 4.98 Å². The van der Waals surface area contributed by atoms with Crippen molar-refractivity contribution in [1.29, 1.82) is 0 Å². The van der Waals surface area contributed by atoms with E-state index in [0.717, 1.165) is 11.0 Å². The molecule has 0 saturated heterocycles. The number of benzene rings is 2. The van der Waals surface area contributed by atoms with Crippen LogP contribution in [0.25, 0.3) is 11.0 Å². The van der Waals surface area contributed by atoms with Crippen LogP contribution in [0.5, 0.6) is 0 Å². The summed E-state index contributed by atoms with van der Waals surface area (Å²) in [5.41, 5.74) is 2.49. The zero-order valence-corrected chi connectivity index (χ0v) is 11.8. The molecule has 1 heterocycles. The average Bonchev–Trinajstić information content (AvgIpc) is 2.90. The Morgan fingerprint density at radius 2 is 1.90 bits per heavy atom. The Kier molecular flexibility index (Phi) is 3.75. The van der Waals surface area contributed by atoms with Gasteiger partial charge < -0.3 is 15.6 Å². The van der Waals surface area contributed by atoms with Gasteiger partial charge in [0.05, 0.1) is 17.6 Å². The molecule has 0 radical (unpaired) electrons. The van der Waals surface area contributed by atoms with Crippen LogP contribution in [0.15, 0.2) is 48.5 Å². The highest BCUT2D eigenvalue weighted by Gasteiger charge is 2.05. The van der Waals surface area contributed by atoms with Crippen molar-refractivity contribution < 1.29 is 4.79 Å². The highest BCUT2D eigenvalue weighted by Crippen LogP contribution is 2.14. The second kappa shape index (κ2) is 5.85. The molecule has 2 aromatic carbocycles. The average molecular weight is 301 g/mol. The van der Waals surface area contributed by atoms with Crippen LogP contribution < -0.4 is 10.6 Å². The maximum Gasteiger partial charge on any atom is 0.243 e. The molecule has 6 heteroatoms. The lowest BCUT2D eigenvalue weighted by molar-refractivity contribution is -0.114. The van der Waals surface area contributed by atoms with Crippen molar-refractivity contribution >= 4 is 40.2 Å². The Bertz CT molecular complexity index is 734. The number of nitrogens with zero attached hydrogens (tertiary/aromatic N) is 1. The Morgan fingerprint density at radius 3 is 2.67 bits per heavy atom. The molecule has 0 saturated carbocycles. The number of hydrogen-bond donors (Lipinski definition) is 3. The number of carbonyl (C=O) groups is 1.